The zero-order valence-electron chi connectivity index (χ0n) is 10.7. The third-order valence-electron chi connectivity index (χ3n) is 2.81. The number of anilines is 1. The molecule has 1 aromatic carbocycles. The van der Waals surface area contributed by atoms with Crippen molar-refractivity contribution < 1.29 is 9.84 Å². The largest absolute Gasteiger partial charge is 0.508 e. The Kier molecular flexibility index (Phi) is 4.12. The molecule has 0 bridgehead atoms. The molecular formula is C14H15ClN2O2. The summed E-state index contributed by atoms with van der Waals surface area (Å²) in [5.41, 5.74) is 1.59. The number of methoxy groups -OCH3 is 1. The summed E-state index contributed by atoms with van der Waals surface area (Å²) in [5.74, 6) is 0.929. The quantitative estimate of drug-likeness (QED) is 0.839. The lowest BCUT2D eigenvalue weighted by Gasteiger charge is -2.17. The zero-order chi connectivity index (χ0) is 13.8. The maximum atomic E-state index is 9.89. The number of nitrogens with zero attached hydrogens (tertiary/aromatic N) is 1. The molecule has 0 spiro atoms. The molecule has 0 aliphatic carbocycles. The lowest BCUT2D eigenvalue weighted by Crippen LogP contribution is -2.07. The molecule has 1 atom stereocenters. The maximum absolute atomic E-state index is 9.89. The minimum atomic E-state index is -0.0851. The second-order valence-corrected chi connectivity index (χ2v) is 4.55. The van der Waals surface area contributed by atoms with Crippen LogP contribution >= 0.6 is 11.6 Å². The molecule has 0 aliphatic heterocycles. The van der Waals surface area contributed by atoms with Gasteiger partial charge in [0.15, 0.2) is 0 Å². The number of halogens is 1. The van der Waals surface area contributed by atoms with Crippen LogP contribution in [-0.2, 0) is 0 Å². The van der Waals surface area contributed by atoms with Crippen molar-refractivity contribution >= 4 is 17.3 Å². The minimum Gasteiger partial charge on any atom is -0.508 e. The Morgan fingerprint density at radius 3 is 2.74 bits per heavy atom. The van der Waals surface area contributed by atoms with Gasteiger partial charge in [0.25, 0.3) is 0 Å². The van der Waals surface area contributed by atoms with Gasteiger partial charge in [-0.1, -0.05) is 11.6 Å². The molecule has 0 aliphatic rings. The first-order valence-electron chi connectivity index (χ1n) is 5.85. The van der Waals surface area contributed by atoms with Gasteiger partial charge in [0.05, 0.1) is 25.0 Å². The van der Waals surface area contributed by atoms with Gasteiger partial charge in [-0.3, -0.25) is 0 Å². The van der Waals surface area contributed by atoms with Crippen molar-refractivity contribution in [1.82, 2.24) is 4.98 Å². The predicted molar refractivity (Wildman–Crippen MR) is 75.9 cm³/mol. The number of hydrogen-bond acceptors (Lipinski definition) is 4. The standard InChI is InChI=1S/C14H15ClN2O2/c1-9(17-10-3-6-14(15)16-8-10)12-7-11(19-2)4-5-13(12)18/h3-9,17-18H,1-2H3. The number of aromatic hydroxyl groups is 1. The van der Waals surface area contributed by atoms with Crippen molar-refractivity contribution in [1.29, 1.82) is 0 Å². The Balaban J connectivity index is 2.19. The molecule has 19 heavy (non-hydrogen) atoms. The number of hydrogen-bond donors (Lipinski definition) is 2. The number of benzene rings is 1. The molecule has 2 rings (SSSR count). The molecular weight excluding hydrogens is 264 g/mol. The second kappa shape index (κ2) is 5.80. The van der Waals surface area contributed by atoms with Crippen molar-refractivity contribution in [3.63, 3.8) is 0 Å². The van der Waals surface area contributed by atoms with Gasteiger partial charge in [0.1, 0.15) is 16.7 Å². The topological polar surface area (TPSA) is 54.4 Å². The number of phenols is 1. The van der Waals surface area contributed by atoms with E-state index in [1.165, 1.54) is 0 Å². The van der Waals surface area contributed by atoms with Gasteiger partial charge >= 0.3 is 0 Å². The minimum absolute atomic E-state index is 0.0851. The molecule has 4 nitrogen and oxygen atoms in total. The lowest BCUT2D eigenvalue weighted by atomic mass is 10.1. The summed E-state index contributed by atoms with van der Waals surface area (Å²) < 4.78 is 5.16. The molecule has 1 aromatic heterocycles. The van der Waals surface area contributed by atoms with Crippen LogP contribution < -0.4 is 10.1 Å². The lowest BCUT2D eigenvalue weighted by molar-refractivity contribution is 0.410. The zero-order valence-corrected chi connectivity index (χ0v) is 11.5. The molecule has 100 valence electrons. The summed E-state index contributed by atoms with van der Waals surface area (Å²) in [6.07, 6.45) is 1.65. The van der Waals surface area contributed by atoms with E-state index in [2.05, 4.69) is 10.3 Å². The summed E-state index contributed by atoms with van der Waals surface area (Å²) >= 11 is 5.73. The van der Waals surface area contributed by atoms with Crippen molar-refractivity contribution in [2.75, 3.05) is 12.4 Å². The summed E-state index contributed by atoms with van der Waals surface area (Å²) in [7, 11) is 1.59. The van der Waals surface area contributed by atoms with Gasteiger partial charge in [-0.2, -0.15) is 0 Å². The Morgan fingerprint density at radius 2 is 2.11 bits per heavy atom. The Morgan fingerprint density at radius 1 is 1.32 bits per heavy atom. The average Bonchev–Trinajstić information content (AvgIpc) is 2.42. The second-order valence-electron chi connectivity index (χ2n) is 4.16. The summed E-state index contributed by atoms with van der Waals surface area (Å²) in [6.45, 7) is 1.95. The highest BCUT2D eigenvalue weighted by Gasteiger charge is 2.11. The smallest absolute Gasteiger partial charge is 0.129 e. The Hall–Kier alpha value is -1.94. The van der Waals surface area contributed by atoms with Gasteiger partial charge < -0.3 is 15.2 Å². The number of aromatic nitrogens is 1. The van der Waals surface area contributed by atoms with E-state index in [0.717, 1.165) is 11.3 Å². The Labute approximate surface area is 117 Å². The molecule has 0 fully saturated rings. The number of nitrogens with one attached hydrogen (secondary N) is 1. The molecule has 0 amide bonds. The van der Waals surface area contributed by atoms with Crippen molar-refractivity contribution in [2.24, 2.45) is 0 Å². The number of pyridine rings is 1. The summed E-state index contributed by atoms with van der Waals surface area (Å²) in [4.78, 5) is 4.00. The van der Waals surface area contributed by atoms with E-state index in [4.69, 9.17) is 16.3 Å². The third kappa shape index (κ3) is 3.29. The van der Waals surface area contributed by atoms with Crippen molar-refractivity contribution in [3.05, 3.63) is 47.2 Å². The van der Waals surface area contributed by atoms with Crippen molar-refractivity contribution in [3.8, 4) is 11.5 Å². The van der Waals surface area contributed by atoms with Gasteiger partial charge in [-0.15, -0.1) is 0 Å². The highest BCUT2D eigenvalue weighted by Crippen LogP contribution is 2.30. The molecule has 1 heterocycles. The van der Waals surface area contributed by atoms with E-state index in [-0.39, 0.29) is 11.8 Å². The maximum Gasteiger partial charge on any atom is 0.129 e. The Bertz CT molecular complexity index is 558. The fraction of sp³-hybridized carbons (Fsp3) is 0.214. The van der Waals surface area contributed by atoms with E-state index in [1.54, 1.807) is 37.6 Å². The normalized spacial score (nSPS) is 11.9. The average molecular weight is 279 g/mol. The van der Waals surface area contributed by atoms with Crippen LogP contribution in [0.2, 0.25) is 5.15 Å². The summed E-state index contributed by atoms with van der Waals surface area (Å²) in [5, 5.41) is 13.6. The highest BCUT2D eigenvalue weighted by molar-refractivity contribution is 6.29. The van der Waals surface area contributed by atoms with E-state index >= 15 is 0 Å². The van der Waals surface area contributed by atoms with Crippen LogP contribution in [0.4, 0.5) is 5.69 Å². The van der Waals surface area contributed by atoms with Crippen molar-refractivity contribution in [2.45, 2.75) is 13.0 Å². The monoisotopic (exact) mass is 278 g/mol. The molecule has 5 heteroatoms. The molecule has 1 unspecified atom stereocenters. The third-order valence-corrected chi connectivity index (χ3v) is 3.04. The molecule has 0 saturated carbocycles. The molecule has 0 radical (unpaired) electrons. The first-order chi connectivity index (χ1) is 9.10. The van der Waals surface area contributed by atoms with E-state index in [0.29, 0.717) is 10.9 Å². The van der Waals surface area contributed by atoms with E-state index in [1.807, 2.05) is 13.0 Å². The number of phenolic OH excluding ortho intramolecular Hbond substituents is 1. The SMILES string of the molecule is COc1ccc(O)c(C(C)Nc2ccc(Cl)nc2)c1. The van der Waals surface area contributed by atoms with Gasteiger partial charge in [0.2, 0.25) is 0 Å². The molecule has 2 aromatic rings. The van der Waals surface area contributed by atoms with Gasteiger partial charge in [0, 0.05) is 5.56 Å². The van der Waals surface area contributed by atoms with Gasteiger partial charge in [-0.25, -0.2) is 4.98 Å². The fourth-order valence-corrected chi connectivity index (χ4v) is 1.91. The highest BCUT2D eigenvalue weighted by atomic mass is 35.5. The number of rotatable bonds is 4. The van der Waals surface area contributed by atoms with Crippen LogP contribution in [-0.4, -0.2) is 17.2 Å². The van der Waals surface area contributed by atoms with E-state index in [9.17, 15) is 5.11 Å². The first-order valence-corrected chi connectivity index (χ1v) is 6.23. The number of ether oxygens (including phenoxy) is 1. The van der Waals surface area contributed by atoms with Crippen LogP contribution in [0.15, 0.2) is 36.5 Å². The predicted octanol–water partition coefficient (Wildman–Crippen LogP) is 3.62. The van der Waals surface area contributed by atoms with Crippen LogP contribution in [0.1, 0.15) is 18.5 Å². The van der Waals surface area contributed by atoms with Crippen LogP contribution in [0.5, 0.6) is 11.5 Å². The van der Waals surface area contributed by atoms with Crippen LogP contribution in [0, 0.1) is 0 Å². The first kappa shape index (κ1) is 13.5. The van der Waals surface area contributed by atoms with E-state index < -0.39 is 0 Å². The van der Waals surface area contributed by atoms with Crippen LogP contribution in [0.3, 0.4) is 0 Å². The van der Waals surface area contributed by atoms with Gasteiger partial charge in [-0.05, 0) is 37.3 Å². The molecule has 2 N–H and O–H groups in total. The fourth-order valence-electron chi connectivity index (χ4n) is 1.80. The van der Waals surface area contributed by atoms with Crippen LogP contribution in [0.25, 0.3) is 0 Å². The summed E-state index contributed by atoms with van der Waals surface area (Å²) in [6, 6.07) is 8.60. The molecule has 0 saturated heterocycles.